The van der Waals surface area contributed by atoms with E-state index in [1.54, 1.807) is 12.1 Å². The molecule has 0 amide bonds. The molecule has 0 bridgehead atoms. The first-order valence-corrected chi connectivity index (χ1v) is 18.2. The monoisotopic (exact) mass is 686 g/mol. The van der Waals surface area contributed by atoms with Crippen molar-refractivity contribution in [3.8, 4) is 27.9 Å². The van der Waals surface area contributed by atoms with Crippen LogP contribution in [0.15, 0.2) is 182 Å². The summed E-state index contributed by atoms with van der Waals surface area (Å²) in [6, 6.07) is 63.5. The second-order valence-corrected chi connectivity index (χ2v) is 14.8. The number of benzene rings is 8. The summed E-state index contributed by atoms with van der Waals surface area (Å²) in [6.07, 6.45) is 0. The van der Waals surface area contributed by atoms with Crippen molar-refractivity contribution in [1.82, 2.24) is 4.57 Å². The summed E-state index contributed by atoms with van der Waals surface area (Å²) in [5, 5.41) is 4.01. The van der Waals surface area contributed by atoms with Crippen molar-refractivity contribution in [3.05, 3.63) is 193 Å². The second-order valence-electron chi connectivity index (χ2n) is 14.8. The van der Waals surface area contributed by atoms with Crippen LogP contribution in [0.3, 0.4) is 0 Å². The van der Waals surface area contributed by atoms with E-state index in [0.29, 0.717) is 5.39 Å². The zero-order chi connectivity index (χ0) is 36.1. The zero-order valence-electron chi connectivity index (χ0n) is 30.1. The summed E-state index contributed by atoms with van der Waals surface area (Å²) in [4.78, 5) is 2.33. The minimum atomic E-state index is -0.212. The van der Waals surface area contributed by atoms with Crippen molar-refractivity contribution in [2.45, 2.75) is 26.2 Å². The van der Waals surface area contributed by atoms with Gasteiger partial charge < -0.3 is 9.47 Å². The van der Waals surface area contributed by atoms with Crippen LogP contribution in [0, 0.1) is 5.82 Å². The highest BCUT2D eigenvalue weighted by Gasteiger charge is 2.20. The Morgan fingerprint density at radius 1 is 0.472 bits per heavy atom. The topological polar surface area (TPSA) is 8.17 Å². The van der Waals surface area contributed by atoms with Crippen molar-refractivity contribution >= 4 is 49.6 Å². The molecule has 0 atom stereocenters. The van der Waals surface area contributed by atoms with Crippen LogP contribution >= 0.6 is 0 Å². The molecule has 0 unspecified atom stereocenters. The molecule has 9 aromatic rings. The lowest BCUT2D eigenvalue weighted by molar-refractivity contribution is 0.590. The van der Waals surface area contributed by atoms with Crippen LogP contribution < -0.4 is 4.90 Å². The Kier molecular flexibility index (Phi) is 7.93. The zero-order valence-corrected chi connectivity index (χ0v) is 30.1. The second kappa shape index (κ2) is 13.0. The highest BCUT2D eigenvalue weighted by Crippen LogP contribution is 2.42. The van der Waals surface area contributed by atoms with E-state index in [1.165, 1.54) is 33.0 Å². The van der Waals surface area contributed by atoms with Crippen molar-refractivity contribution in [3.63, 3.8) is 0 Å². The average molecular weight is 687 g/mol. The number of rotatable bonds is 6. The molecule has 9 rings (SSSR count). The maximum Gasteiger partial charge on any atom is 0.133 e. The lowest BCUT2D eigenvalue weighted by Gasteiger charge is -2.28. The Balaban J connectivity index is 1.21. The number of aromatic nitrogens is 1. The maximum atomic E-state index is 15.4. The first-order chi connectivity index (χ1) is 25.8. The van der Waals surface area contributed by atoms with E-state index in [-0.39, 0.29) is 11.2 Å². The van der Waals surface area contributed by atoms with E-state index >= 15 is 4.39 Å². The molecule has 2 nitrogen and oxygen atoms in total. The number of fused-ring (bicyclic) bond motifs is 4. The van der Waals surface area contributed by atoms with Crippen LogP contribution in [-0.4, -0.2) is 4.57 Å². The van der Waals surface area contributed by atoms with E-state index in [0.717, 1.165) is 44.7 Å². The average Bonchev–Trinajstić information content (AvgIpc) is 3.54. The summed E-state index contributed by atoms with van der Waals surface area (Å²) in [7, 11) is 0. The van der Waals surface area contributed by atoms with E-state index in [1.807, 2.05) is 24.3 Å². The van der Waals surface area contributed by atoms with Crippen molar-refractivity contribution < 1.29 is 4.39 Å². The van der Waals surface area contributed by atoms with Gasteiger partial charge in [0, 0.05) is 33.5 Å². The molecule has 0 fully saturated rings. The smallest absolute Gasteiger partial charge is 0.133 e. The number of hydrogen-bond acceptors (Lipinski definition) is 1. The van der Waals surface area contributed by atoms with Gasteiger partial charge in [0.25, 0.3) is 0 Å². The molecule has 0 aliphatic heterocycles. The number of hydrogen-bond donors (Lipinski definition) is 0. The Bertz CT molecular complexity index is 2760. The Morgan fingerprint density at radius 3 is 1.81 bits per heavy atom. The predicted molar refractivity (Wildman–Crippen MR) is 222 cm³/mol. The molecule has 256 valence electrons. The fraction of sp³-hybridized carbons (Fsp3) is 0.0800. The first kappa shape index (κ1) is 32.5. The van der Waals surface area contributed by atoms with E-state index in [4.69, 9.17) is 0 Å². The van der Waals surface area contributed by atoms with Gasteiger partial charge in [-0.25, -0.2) is 4.39 Å². The van der Waals surface area contributed by atoms with Gasteiger partial charge in [0.05, 0.1) is 11.0 Å². The largest absolute Gasteiger partial charge is 0.310 e. The van der Waals surface area contributed by atoms with Gasteiger partial charge in [-0.3, -0.25) is 0 Å². The molecular formula is C50H39FN2. The van der Waals surface area contributed by atoms with Crippen LogP contribution in [0.2, 0.25) is 0 Å². The normalized spacial score (nSPS) is 11.8. The molecule has 1 aromatic heterocycles. The Labute approximate surface area is 310 Å². The lowest BCUT2D eigenvalue weighted by Crippen LogP contribution is -2.14. The standard InChI is InChI=1S/C50H39FN2/c1-50(2,3)37-18-11-19-39(32-37)52(40-20-12-21-41(33-40)53-46-26-8-7-22-44(46)49-45(51)25-13-27-47(49)53)38-30-28-35(29-31-38)43-24-10-17-36-16-9-23-42(48(36)43)34-14-5-4-6-15-34/h4-33H,1-3H3. The summed E-state index contributed by atoms with van der Waals surface area (Å²) >= 11 is 0. The predicted octanol–water partition coefficient (Wildman–Crippen LogP) is 14.2. The number of anilines is 3. The van der Waals surface area contributed by atoms with E-state index in [2.05, 4.69) is 176 Å². The van der Waals surface area contributed by atoms with Crippen molar-refractivity contribution in [1.29, 1.82) is 0 Å². The molecule has 1 heterocycles. The number of halogens is 1. The van der Waals surface area contributed by atoms with Crippen molar-refractivity contribution in [2.75, 3.05) is 4.90 Å². The third-order valence-corrected chi connectivity index (χ3v) is 10.4. The van der Waals surface area contributed by atoms with E-state index < -0.39 is 0 Å². The molecule has 3 heteroatoms. The van der Waals surface area contributed by atoms with Gasteiger partial charge in [-0.1, -0.05) is 142 Å². The molecule has 0 saturated heterocycles. The SMILES string of the molecule is CC(C)(C)c1cccc(N(c2ccc(-c3cccc4cccc(-c5ccccc5)c34)cc2)c2cccc(-n3c4ccccc4c4c(F)cccc43)c2)c1. The lowest BCUT2D eigenvalue weighted by atomic mass is 9.87. The van der Waals surface area contributed by atoms with Crippen LogP contribution in [0.25, 0.3) is 60.5 Å². The van der Waals surface area contributed by atoms with Gasteiger partial charge in [0.15, 0.2) is 0 Å². The van der Waals surface area contributed by atoms with Crippen LogP contribution in [-0.2, 0) is 5.41 Å². The summed E-state index contributed by atoms with van der Waals surface area (Å²) in [5.74, 6) is -0.212. The quantitative estimate of drug-likeness (QED) is 0.169. The molecule has 0 spiro atoms. The third kappa shape index (κ3) is 5.75. The number of nitrogens with zero attached hydrogens (tertiary/aromatic N) is 2. The van der Waals surface area contributed by atoms with Crippen LogP contribution in [0.4, 0.5) is 21.5 Å². The minimum Gasteiger partial charge on any atom is -0.310 e. The molecule has 0 saturated carbocycles. The molecule has 0 N–H and O–H groups in total. The third-order valence-electron chi connectivity index (χ3n) is 10.4. The van der Waals surface area contributed by atoms with Gasteiger partial charge in [-0.15, -0.1) is 0 Å². The molecule has 0 radical (unpaired) electrons. The highest BCUT2D eigenvalue weighted by molar-refractivity contribution is 6.10. The van der Waals surface area contributed by atoms with E-state index in [9.17, 15) is 0 Å². The van der Waals surface area contributed by atoms with Crippen molar-refractivity contribution in [2.24, 2.45) is 0 Å². The molecule has 0 aliphatic rings. The fourth-order valence-corrected chi connectivity index (χ4v) is 7.81. The summed E-state index contributed by atoms with van der Waals surface area (Å²) in [6.45, 7) is 6.75. The van der Waals surface area contributed by atoms with Gasteiger partial charge in [0.1, 0.15) is 5.82 Å². The van der Waals surface area contributed by atoms with Gasteiger partial charge >= 0.3 is 0 Å². The maximum absolute atomic E-state index is 15.4. The molecule has 8 aromatic carbocycles. The summed E-state index contributed by atoms with van der Waals surface area (Å²) < 4.78 is 17.5. The Hall–Kier alpha value is -6.45. The Morgan fingerprint density at radius 2 is 1.08 bits per heavy atom. The van der Waals surface area contributed by atoms with Crippen LogP contribution in [0.5, 0.6) is 0 Å². The van der Waals surface area contributed by atoms with Gasteiger partial charge in [0.2, 0.25) is 0 Å². The van der Waals surface area contributed by atoms with Gasteiger partial charge in [-0.05, 0) is 105 Å². The number of para-hydroxylation sites is 1. The summed E-state index contributed by atoms with van der Waals surface area (Å²) in [5.41, 5.74) is 12.0. The molecular weight excluding hydrogens is 648 g/mol. The fourth-order valence-electron chi connectivity index (χ4n) is 7.81. The van der Waals surface area contributed by atoms with Crippen LogP contribution in [0.1, 0.15) is 26.3 Å². The highest BCUT2D eigenvalue weighted by atomic mass is 19.1. The molecule has 53 heavy (non-hydrogen) atoms. The van der Waals surface area contributed by atoms with Gasteiger partial charge in [-0.2, -0.15) is 0 Å². The molecule has 0 aliphatic carbocycles. The minimum absolute atomic E-state index is 0.0226. The first-order valence-electron chi connectivity index (χ1n) is 18.2.